The molecule has 0 spiro atoms. The van der Waals surface area contributed by atoms with E-state index in [9.17, 15) is 13.8 Å². The van der Waals surface area contributed by atoms with Crippen molar-refractivity contribution in [3.63, 3.8) is 0 Å². The second kappa shape index (κ2) is 10.7. The maximum absolute atomic E-state index is 11.9. The number of aliphatic hydroxyl groups excluding tert-OH is 1. The van der Waals surface area contributed by atoms with Crippen LogP contribution in [-0.4, -0.2) is 45.7 Å². The number of aromatic nitrogens is 2. The predicted molar refractivity (Wildman–Crippen MR) is 124 cm³/mol. The number of carbonyl (C=O) groups excluding carboxylic acids is 1. The zero-order chi connectivity index (χ0) is 22.4. The second-order valence-electron chi connectivity index (χ2n) is 7.67. The first-order valence-corrected chi connectivity index (χ1v) is 11.5. The van der Waals surface area contributed by atoms with Gasteiger partial charge < -0.3 is 15.7 Å². The SMILES string of the molecule is CCCC(O)C1N=CC(c2cc3cnc(NC(=O)C4CC4)cc3cn2)=C(C)N1.CSF. The van der Waals surface area contributed by atoms with Gasteiger partial charge in [-0.25, -0.2) is 4.98 Å². The largest absolute Gasteiger partial charge is 0.389 e. The normalized spacial score (nSPS) is 18.8. The quantitative estimate of drug-likeness (QED) is 0.619. The van der Waals surface area contributed by atoms with Crippen LogP contribution in [0.1, 0.15) is 45.2 Å². The van der Waals surface area contributed by atoms with Crippen molar-refractivity contribution < 1.29 is 13.8 Å². The third kappa shape index (κ3) is 6.01. The first-order chi connectivity index (χ1) is 15.0. The Morgan fingerprint density at radius 3 is 2.65 bits per heavy atom. The number of halogens is 1. The third-order valence-corrected chi connectivity index (χ3v) is 5.16. The van der Waals surface area contributed by atoms with Crippen molar-refractivity contribution in [2.45, 2.75) is 51.8 Å². The molecule has 31 heavy (non-hydrogen) atoms. The van der Waals surface area contributed by atoms with Gasteiger partial charge in [0.25, 0.3) is 0 Å². The van der Waals surface area contributed by atoms with E-state index in [0.717, 1.165) is 47.0 Å². The first-order valence-electron chi connectivity index (χ1n) is 10.4. The molecule has 9 heteroatoms. The number of anilines is 1. The van der Waals surface area contributed by atoms with Gasteiger partial charge in [-0.1, -0.05) is 13.3 Å². The smallest absolute Gasteiger partial charge is 0.228 e. The fourth-order valence-corrected chi connectivity index (χ4v) is 3.32. The van der Waals surface area contributed by atoms with E-state index in [4.69, 9.17) is 0 Å². The van der Waals surface area contributed by atoms with Gasteiger partial charge >= 0.3 is 0 Å². The molecular formula is C22H28FN5O2S. The molecule has 1 aliphatic carbocycles. The average molecular weight is 446 g/mol. The van der Waals surface area contributed by atoms with Crippen molar-refractivity contribution in [3.05, 3.63) is 35.9 Å². The van der Waals surface area contributed by atoms with Crippen LogP contribution in [-0.2, 0) is 4.79 Å². The lowest BCUT2D eigenvalue weighted by Crippen LogP contribution is -2.39. The van der Waals surface area contributed by atoms with Gasteiger partial charge in [0.1, 0.15) is 12.0 Å². The Labute approximate surface area is 186 Å². The summed E-state index contributed by atoms with van der Waals surface area (Å²) in [7, 11) is 0. The van der Waals surface area contributed by atoms with Crippen molar-refractivity contribution in [1.82, 2.24) is 15.3 Å². The predicted octanol–water partition coefficient (Wildman–Crippen LogP) is 4.10. The van der Waals surface area contributed by atoms with Crippen LogP contribution in [0.5, 0.6) is 0 Å². The van der Waals surface area contributed by atoms with E-state index in [0.29, 0.717) is 12.2 Å². The van der Waals surface area contributed by atoms with E-state index < -0.39 is 6.10 Å². The van der Waals surface area contributed by atoms with Gasteiger partial charge in [0.05, 0.1) is 11.8 Å². The van der Waals surface area contributed by atoms with Crippen molar-refractivity contribution in [2.75, 3.05) is 11.6 Å². The fraction of sp³-hybridized carbons (Fsp3) is 0.455. The summed E-state index contributed by atoms with van der Waals surface area (Å²) < 4.78 is 10.2. The summed E-state index contributed by atoms with van der Waals surface area (Å²) in [5.74, 6) is 0.746. The van der Waals surface area contributed by atoms with Gasteiger partial charge in [0.2, 0.25) is 5.91 Å². The molecule has 0 bridgehead atoms. The summed E-state index contributed by atoms with van der Waals surface area (Å²) >= 11 is 0.250. The van der Waals surface area contributed by atoms with Crippen LogP contribution in [0.4, 0.5) is 9.70 Å². The van der Waals surface area contributed by atoms with E-state index >= 15 is 0 Å². The average Bonchev–Trinajstić information content (AvgIpc) is 3.60. The number of aliphatic imine (C=N–C) groups is 1. The third-order valence-electron chi connectivity index (χ3n) is 5.16. The van der Waals surface area contributed by atoms with Crippen LogP contribution in [0.2, 0.25) is 0 Å². The molecule has 3 N–H and O–H groups in total. The minimum absolute atomic E-state index is 0.0431. The van der Waals surface area contributed by atoms with Crippen LogP contribution in [0, 0.1) is 5.92 Å². The summed E-state index contributed by atoms with van der Waals surface area (Å²) in [5.41, 5.74) is 2.62. The monoisotopic (exact) mass is 445 g/mol. The number of aliphatic hydroxyl groups is 1. The summed E-state index contributed by atoms with van der Waals surface area (Å²) in [6, 6.07) is 3.81. The number of hydrogen-bond acceptors (Lipinski definition) is 7. The van der Waals surface area contributed by atoms with Gasteiger partial charge in [-0.2, -0.15) is 3.89 Å². The molecule has 0 saturated heterocycles. The minimum atomic E-state index is -0.504. The topological polar surface area (TPSA) is 99.5 Å². The molecule has 2 aliphatic rings. The minimum Gasteiger partial charge on any atom is -0.389 e. The summed E-state index contributed by atoms with van der Waals surface area (Å²) in [5, 5.41) is 18.2. The van der Waals surface area contributed by atoms with E-state index in [1.165, 1.54) is 6.26 Å². The number of carbonyl (C=O) groups is 1. The molecule has 7 nitrogen and oxygen atoms in total. The molecule has 166 valence electrons. The van der Waals surface area contributed by atoms with E-state index in [-0.39, 0.29) is 30.1 Å². The highest BCUT2D eigenvalue weighted by molar-refractivity contribution is 7.93. The van der Waals surface area contributed by atoms with Crippen LogP contribution in [0.25, 0.3) is 16.3 Å². The number of amides is 1. The zero-order valence-corrected chi connectivity index (χ0v) is 18.7. The van der Waals surface area contributed by atoms with E-state index in [1.54, 1.807) is 18.6 Å². The van der Waals surface area contributed by atoms with E-state index in [2.05, 4.69) is 25.6 Å². The van der Waals surface area contributed by atoms with Gasteiger partial charge in [-0.3, -0.25) is 14.8 Å². The first kappa shape index (κ1) is 23.1. The highest BCUT2D eigenvalue weighted by Crippen LogP contribution is 2.30. The molecule has 1 aliphatic heterocycles. The Balaban J connectivity index is 0.000000858. The van der Waals surface area contributed by atoms with Gasteiger partial charge in [-0.05, 0) is 38.3 Å². The lowest BCUT2D eigenvalue weighted by Gasteiger charge is -2.26. The number of rotatable bonds is 6. The number of pyridine rings is 2. The molecule has 0 radical (unpaired) electrons. The lowest BCUT2D eigenvalue weighted by molar-refractivity contribution is -0.117. The van der Waals surface area contributed by atoms with Gasteiger partial charge in [0.15, 0.2) is 0 Å². The highest BCUT2D eigenvalue weighted by atomic mass is 32.2. The molecule has 0 aromatic carbocycles. The van der Waals surface area contributed by atoms with Crippen molar-refractivity contribution in [2.24, 2.45) is 10.9 Å². The Hall–Kier alpha value is -2.52. The summed E-state index contributed by atoms with van der Waals surface area (Å²) in [6.07, 6.45) is 9.41. The van der Waals surface area contributed by atoms with Crippen LogP contribution >= 0.6 is 12.1 Å². The molecule has 2 aromatic rings. The van der Waals surface area contributed by atoms with Crippen molar-refractivity contribution >= 4 is 46.4 Å². The Morgan fingerprint density at radius 2 is 2.00 bits per heavy atom. The number of fused-ring (bicyclic) bond motifs is 1. The Kier molecular flexibility index (Phi) is 7.97. The number of nitrogens with one attached hydrogen (secondary N) is 2. The van der Waals surface area contributed by atoms with Crippen molar-refractivity contribution in [1.29, 1.82) is 0 Å². The molecule has 3 heterocycles. The molecule has 4 rings (SSSR count). The molecule has 1 amide bonds. The summed E-state index contributed by atoms with van der Waals surface area (Å²) in [6.45, 7) is 4.01. The second-order valence-corrected chi connectivity index (χ2v) is 7.97. The zero-order valence-electron chi connectivity index (χ0n) is 17.9. The molecule has 2 atom stereocenters. The Bertz CT molecular complexity index is 993. The molecule has 2 unspecified atom stereocenters. The van der Waals surface area contributed by atoms with Crippen LogP contribution < -0.4 is 10.6 Å². The molecule has 2 aromatic heterocycles. The van der Waals surface area contributed by atoms with Crippen LogP contribution in [0.3, 0.4) is 0 Å². The Morgan fingerprint density at radius 1 is 1.32 bits per heavy atom. The van der Waals surface area contributed by atoms with E-state index in [1.807, 2.05) is 26.0 Å². The van der Waals surface area contributed by atoms with Crippen LogP contribution in [0.15, 0.2) is 35.2 Å². The van der Waals surface area contributed by atoms with Crippen molar-refractivity contribution in [3.8, 4) is 0 Å². The standard InChI is InChI=1S/C21H25N5O2.CH3FS/c1-3-4-18(27)20-24-11-16(12(2)25-20)17-7-14-10-23-19(8-15(14)9-22-17)26-21(28)13-5-6-13;1-3-2/h7-11,13,18,20,25,27H,3-6H2,1-2H3,(H,23,26,28);1H3. The van der Waals surface area contributed by atoms with Gasteiger partial charge in [-0.15, -0.1) is 0 Å². The number of hydrogen-bond donors (Lipinski definition) is 3. The lowest BCUT2D eigenvalue weighted by atomic mass is 10.1. The number of nitrogens with zero attached hydrogens (tertiary/aromatic N) is 3. The maximum atomic E-state index is 11.9. The van der Waals surface area contributed by atoms with Gasteiger partial charge in [0, 0.05) is 65.0 Å². The molecule has 1 fully saturated rings. The maximum Gasteiger partial charge on any atom is 0.228 e. The number of allylic oxidation sites excluding steroid dienone is 2. The summed E-state index contributed by atoms with van der Waals surface area (Å²) in [4.78, 5) is 25.3. The fourth-order valence-electron chi connectivity index (χ4n) is 3.32. The highest BCUT2D eigenvalue weighted by Gasteiger charge is 2.29. The molecule has 1 saturated carbocycles. The molecular weight excluding hydrogens is 417 g/mol.